The molecule has 0 radical (unpaired) electrons. The molecule has 136 valence electrons. The maximum Gasteiger partial charge on any atom is 0.253 e. The van der Waals surface area contributed by atoms with E-state index in [9.17, 15) is 4.39 Å². The zero-order valence-corrected chi connectivity index (χ0v) is 14.3. The second-order valence-corrected chi connectivity index (χ2v) is 6.24. The number of para-hydroxylation sites is 1. The van der Waals surface area contributed by atoms with Gasteiger partial charge < -0.3 is 13.9 Å². The highest BCUT2D eigenvalue weighted by Gasteiger charge is 2.33. The van der Waals surface area contributed by atoms with Crippen LogP contribution >= 0.6 is 0 Å². The minimum absolute atomic E-state index is 0.0130. The van der Waals surface area contributed by atoms with Crippen molar-refractivity contribution in [2.75, 3.05) is 6.61 Å². The molecule has 4 rings (SSSR count). The van der Waals surface area contributed by atoms with Crippen molar-refractivity contribution in [1.82, 2.24) is 20.0 Å². The Hall–Kier alpha value is -2.74. The minimum atomic E-state index is -0.426. The Morgan fingerprint density at radius 1 is 1.31 bits per heavy atom. The summed E-state index contributed by atoms with van der Waals surface area (Å²) in [5, 5.41) is 12.4. The highest BCUT2D eigenvalue weighted by Crippen LogP contribution is 2.40. The lowest BCUT2D eigenvalue weighted by molar-refractivity contribution is -0.00945. The predicted octanol–water partition coefficient (Wildman–Crippen LogP) is 3.16. The third-order valence-corrected chi connectivity index (χ3v) is 4.36. The van der Waals surface area contributed by atoms with Crippen LogP contribution in [0.2, 0.25) is 0 Å². The first kappa shape index (κ1) is 16.7. The molecule has 0 saturated carbocycles. The van der Waals surface area contributed by atoms with Crippen LogP contribution < -0.4 is 4.74 Å². The number of benzene rings is 1. The predicted molar refractivity (Wildman–Crippen MR) is 88.9 cm³/mol. The summed E-state index contributed by atoms with van der Waals surface area (Å²) in [6.45, 7) is 0.701. The SMILES string of the molecule is Cn1cc([C@@H]2OCCC[C@H]2c2nnc(COc3ccccc3F)o2)cn1. The van der Waals surface area contributed by atoms with Crippen LogP contribution in [-0.2, 0) is 18.4 Å². The van der Waals surface area contributed by atoms with Crippen LogP contribution in [0.15, 0.2) is 41.1 Å². The second kappa shape index (κ2) is 7.25. The van der Waals surface area contributed by atoms with Crippen molar-refractivity contribution in [2.45, 2.75) is 31.5 Å². The van der Waals surface area contributed by atoms with Crippen LogP contribution in [0, 0.1) is 5.82 Å². The van der Waals surface area contributed by atoms with Crippen LogP contribution in [0.25, 0.3) is 0 Å². The molecule has 0 spiro atoms. The van der Waals surface area contributed by atoms with Crippen LogP contribution in [-0.4, -0.2) is 26.6 Å². The van der Waals surface area contributed by atoms with Gasteiger partial charge in [0.2, 0.25) is 5.89 Å². The molecule has 0 N–H and O–H groups in total. The lowest BCUT2D eigenvalue weighted by Crippen LogP contribution is -2.21. The number of ether oxygens (including phenoxy) is 2. The lowest BCUT2D eigenvalue weighted by Gasteiger charge is -2.28. The zero-order chi connectivity index (χ0) is 17.9. The van der Waals surface area contributed by atoms with Crippen molar-refractivity contribution in [3.05, 3.63) is 59.8 Å². The molecule has 0 unspecified atom stereocenters. The van der Waals surface area contributed by atoms with Gasteiger partial charge in [-0.3, -0.25) is 4.68 Å². The Kier molecular flexibility index (Phi) is 4.66. The van der Waals surface area contributed by atoms with Crippen molar-refractivity contribution >= 4 is 0 Å². The smallest absolute Gasteiger partial charge is 0.253 e. The van der Waals surface area contributed by atoms with Gasteiger partial charge in [-0.1, -0.05) is 12.1 Å². The van der Waals surface area contributed by atoms with E-state index >= 15 is 0 Å². The Bertz CT molecular complexity index is 879. The summed E-state index contributed by atoms with van der Waals surface area (Å²) >= 11 is 0. The van der Waals surface area contributed by atoms with E-state index in [1.807, 2.05) is 13.2 Å². The van der Waals surface area contributed by atoms with Gasteiger partial charge in [-0.2, -0.15) is 5.10 Å². The molecule has 1 aliphatic heterocycles. The molecule has 1 saturated heterocycles. The average molecular weight is 358 g/mol. The summed E-state index contributed by atoms with van der Waals surface area (Å²) in [5.74, 6) is 0.498. The number of aromatic nitrogens is 4. The second-order valence-electron chi connectivity index (χ2n) is 6.24. The number of hydrogen-bond acceptors (Lipinski definition) is 6. The van der Waals surface area contributed by atoms with E-state index in [0.717, 1.165) is 18.4 Å². The maximum atomic E-state index is 13.6. The van der Waals surface area contributed by atoms with Gasteiger partial charge in [0.1, 0.15) is 0 Å². The molecule has 2 aromatic heterocycles. The van der Waals surface area contributed by atoms with Gasteiger partial charge in [0, 0.05) is 25.4 Å². The summed E-state index contributed by atoms with van der Waals surface area (Å²) < 4.78 is 32.5. The van der Waals surface area contributed by atoms with Gasteiger partial charge in [-0.05, 0) is 25.0 Å². The van der Waals surface area contributed by atoms with E-state index < -0.39 is 5.82 Å². The lowest BCUT2D eigenvalue weighted by atomic mass is 9.91. The van der Waals surface area contributed by atoms with Crippen molar-refractivity contribution < 1.29 is 18.3 Å². The Balaban J connectivity index is 1.48. The highest BCUT2D eigenvalue weighted by atomic mass is 19.1. The normalized spacial score (nSPS) is 20.2. The van der Waals surface area contributed by atoms with Crippen molar-refractivity contribution in [3.8, 4) is 5.75 Å². The van der Waals surface area contributed by atoms with E-state index in [4.69, 9.17) is 13.9 Å². The molecular weight excluding hydrogens is 339 g/mol. The third kappa shape index (κ3) is 3.45. The summed E-state index contributed by atoms with van der Waals surface area (Å²) in [6, 6.07) is 6.20. The number of nitrogens with zero attached hydrogens (tertiary/aromatic N) is 4. The third-order valence-electron chi connectivity index (χ3n) is 4.36. The molecule has 3 aromatic rings. The fourth-order valence-electron chi connectivity index (χ4n) is 3.13. The molecule has 8 heteroatoms. The Morgan fingerprint density at radius 2 is 2.19 bits per heavy atom. The standard InChI is InChI=1S/C18H19FN4O3/c1-23-10-12(9-20-23)17-13(5-4-8-24-17)18-22-21-16(26-18)11-25-15-7-3-2-6-14(15)19/h2-3,6-7,9-10,13,17H,4-5,8,11H2,1H3/t13-,17+/m1/s1. The average Bonchev–Trinajstić information content (AvgIpc) is 3.30. The molecule has 1 aliphatic rings. The summed E-state index contributed by atoms with van der Waals surface area (Å²) in [5.41, 5.74) is 0.986. The Labute approximate surface area is 149 Å². The number of rotatable bonds is 5. The first-order valence-electron chi connectivity index (χ1n) is 8.50. The molecule has 7 nitrogen and oxygen atoms in total. The van der Waals surface area contributed by atoms with Crippen molar-refractivity contribution in [1.29, 1.82) is 0 Å². The van der Waals surface area contributed by atoms with Gasteiger partial charge in [0.25, 0.3) is 5.89 Å². The first-order valence-corrected chi connectivity index (χ1v) is 8.50. The molecule has 0 amide bonds. The van der Waals surface area contributed by atoms with E-state index in [-0.39, 0.29) is 24.4 Å². The molecule has 2 atom stereocenters. The first-order chi connectivity index (χ1) is 12.7. The van der Waals surface area contributed by atoms with Crippen molar-refractivity contribution in [2.24, 2.45) is 7.05 Å². The van der Waals surface area contributed by atoms with E-state index in [1.165, 1.54) is 6.07 Å². The number of aryl methyl sites for hydroxylation is 1. The monoisotopic (exact) mass is 358 g/mol. The molecule has 26 heavy (non-hydrogen) atoms. The molecule has 0 aliphatic carbocycles. The fraction of sp³-hybridized carbons (Fsp3) is 0.389. The fourth-order valence-corrected chi connectivity index (χ4v) is 3.13. The summed E-state index contributed by atoms with van der Waals surface area (Å²) in [4.78, 5) is 0. The molecule has 3 heterocycles. The largest absolute Gasteiger partial charge is 0.481 e. The van der Waals surface area contributed by atoms with Gasteiger partial charge in [-0.15, -0.1) is 10.2 Å². The molecular formula is C18H19FN4O3. The van der Waals surface area contributed by atoms with Crippen LogP contribution in [0.5, 0.6) is 5.75 Å². The number of halogens is 1. The van der Waals surface area contributed by atoms with Gasteiger partial charge in [0.05, 0.1) is 18.2 Å². The highest BCUT2D eigenvalue weighted by molar-refractivity contribution is 5.23. The van der Waals surface area contributed by atoms with Crippen LogP contribution in [0.3, 0.4) is 0 Å². The summed E-state index contributed by atoms with van der Waals surface area (Å²) in [7, 11) is 1.87. The zero-order valence-electron chi connectivity index (χ0n) is 14.3. The Morgan fingerprint density at radius 3 is 3.00 bits per heavy atom. The maximum absolute atomic E-state index is 13.6. The van der Waals surface area contributed by atoms with Crippen molar-refractivity contribution in [3.63, 3.8) is 0 Å². The number of hydrogen-bond donors (Lipinski definition) is 0. The van der Waals surface area contributed by atoms with Crippen LogP contribution in [0.1, 0.15) is 42.2 Å². The molecule has 1 fully saturated rings. The van der Waals surface area contributed by atoms with E-state index in [1.54, 1.807) is 29.1 Å². The molecule has 0 bridgehead atoms. The molecule has 1 aromatic carbocycles. The minimum Gasteiger partial charge on any atom is -0.481 e. The van der Waals surface area contributed by atoms with E-state index in [0.29, 0.717) is 18.4 Å². The topological polar surface area (TPSA) is 75.2 Å². The van der Waals surface area contributed by atoms with Gasteiger partial charge in [-0.25, -0.2) is 4.39 Å². The van der Waals surface area contributed by atoms with Crippen LogP contribution in [0.4, 0.5) is 4.39 Å². The van der Waals surface area contributed by atoms with Gasteiger partial charge >= 0.3 is 0 Å². The summed E-state index contributed by atoms with van der Waals surface area (Å²) in [6.07, 6.45) is 5.36. The quantitative estimate of drug-likeness (QED) is 0.697. The van der Waals surface area contributed by atoms with Gasteiger partial charge in [0.15, 0.2) is 18.2 Å². The van der Waals surface area contributed by atoms with E-state index in [2.05, 4.69) is 15.3 Å².